The molecule has 290 valence electrons. The van der Waals surface area contributed by atoms with Gasteiger partial charge < -0.3 is 18.2 Å². The zero-order valence-electron chi connectivity index (χ0n) is 32.9. The summed E-state index contributed by atoms with van der Waals surface area (Å²) in [4.78, 5) is 16.5. The molecule has 12 aromatic rings. The van der Waals surface area contributed by atoms with Crippen LogP contribution in [-0.4, -0.2) is 15.0 Å². The number of hydrogen-bond donors (Lipinski definition) is 0. The molecule has 0 aliphatic carbocycles. The standard InChI is InChI=1S/C54H31N5O3/c55-32-33-10-11-38-27-39(13-12-37(38)26-33)40-14-15-42-29-45(25-20-41(42)28-40)59(43-21-16-35(17-22-43)53-56-46-8-4-5-9-49(46)60-53)44-23-18-36(19-24-44)54-58-48-31-50-47(30-51(48)62-54)57-52(61-50)34-6-2-1-3-7-34/h1-31H. The molecule has 0 atom stereocenters. The highest BCUT2D eigenvalue weighted by atomic mass is 16.4. The molecule has 3 aromatic heterocycles. The largest absolute Gasteiger partial charge is 0.436 e. The Morgan fingerprint density at radius 1 is 0.355 bits per heavy atom. The summed E-state index contributed by atoms with van der Waals surface area (Å²) in [7, 11) is 0. The van der Waals surface area contributed by atoms with Crippen molar-refractivity contribution in [1.82, 2.24) is 15.0 Å². The van der Waals surface area contributed by atoms with Gasteiger partial charge in [0.1, 0.15) is 16.6 Å². The van der Waals surface area contributed by atoms with Crippen LogP contribution in [0.15, 0.2) is 201 Å². The van der Waals surface area contributed by atoms with E-state index in [9.17, 15) is 5.26 Å². The molecule has 0 saturated heterocycles. The van der Waals surface area contributed by atoms with Gasteiger partial charge in [-0.3, -0.25) is 0 Å². The summed E-state index contributed by atoms with van der Waals surface area (Å²) in [6.45, 7) is 0. The highest BCUT2D eigenvalue weighted by Crippen LogP contribution is 2.40. The Morgan fingerprint density at radius 2 is 0.806 bits per heavy atom. The fourth-order valence-corrected chi connectivity index (χ4v) is 8.17. The van der Waals surface area contributed by atoms with Gasteiger partial charge in [0.2, 0.25) is 17.7 Å². The average Bonchev–Trinajstić information content (AvgIpc) is 4.08. The maximum absolute atomic E-state index is 9.35. The summed E-state index contributed by atoms with van der Waals surface area (Å²) in [6, 6.07) is 65.5. The van der Waals surface area contributed by atoms with Crippen molar-refractivity contribution >= 4 is 71.9 Å². The zero-order valence-corrected chi connectivity index (χ0v) is 32.9. The highest BCUT2D eigenvalue weighted by molar-refractivity contribution is 5.95. The molecule has 0 amide bonds. The predicted octanol–water partition coefficient (Wildman–Crippen LogP) is 14.4. The van der Waals surface area contributed by atoms with Crippen LogP contribution in [-0.2, 0) is 0 Å². The van der Waals surface area contributed by atoms with Crippen molar-refractivity contribution in [3.63, 3.8) is 0 Å². The van der Waals surface area contributed by atoms with E-state index in [0.717, 1.165) is 77.5 Å². The van der Waals surface area contributed by atoms with Gasteiger partial charge in [0, 0.05) is 45.9 Å². The Kier molecular flexibility index (Phi) is 8.05. The Hall–Kier alpha value is -8.80. The second-order valence-corrected chi connectivity index (χ2v) is 15.2. The van der Waals surface area contributed by atoms with Gasteiger partial charge >= 0.3 is 0 Å². The number of hydrogen-bond acceptors (Lipinski definition) is 8. The first kappa shape index (κ1) is 35.2. The molecule has 0 N–H and O–H groups in total. The lowest BCUT2D eigenvalue weighted by Gasteiger charge is -2.26. The van der Waals surface area contributed by atoms with E-state index in [1.54, 1.807) is 0 Å². The van der Waals surface area contributed by atoms with Crippen molar-refractivity contribution in [1.29, 1.82) is 5.26 Å². The summed E-state index contributed by atoms with van der Waals surface area (Å²) < 4.78 is 18.5. The van der Waals surface area contributed by atoms with Crippen LogP contribution < -0.4 is 4.90 Å². The lowest BCUT2D eigenvalue weighted by molar-refractivity contribution is 0.618. The molecule has 8 heteroatoms. The van der Waals surface area contributed by atoms with E-state index in [2.05, 4.69) is 89.8 Å². The van der Waals surface area contributed by atoms with Crippen LogP contribution in [0.5, 0.6) is 0 Å². The monoisotopic (exact) mass is 797 g/mol. The molecule has 8 nitrogen and oxygen atoms in total. The van der Waals surface area contributed by atoms with Gasteiger partial charge in [0.25, 0.3) is 0 Å². The lowest BCUT2D eigenvalue weighted by Crippen LogP contribution is -2.09. The van der Waals surface area contributed by atoms with Crippen molar-refractivity contribution in [3.05, 3.63) is 194 Å². The summed E-state index contributed by atoms with van der Waals surface area (Å²) in [5.74, 6) is 1.65. The van der Waals surface area contributed by atoms with E-state index in [4.69, 9.17) is 28.2 Å². The molecule has 0 saturated carbocycles. The minimum atomic E-state index is 0.511. The molecule has 0 aliphatic heterocycles. The van der Waals surface area contributed by atoms with E-state index >= 15 is 0 Å². The van der Waals surface area contributed by atoms with Crippen LogP contribution in [0, 0.1) is 11.3 Å². The van der Waals surface area contributed by atoms with E-state index in [1.165, 1.54) is 0 Å². The van der Waals surface area contributed by atoms with Crippen molar-refractivity contribution in [2.45, 2.75) is 0 Å². The fourth-order valence-electron chi connectivity index (χ4n) is 8.17. The smallest absolute Gasteiger partial charge is 0.227 e. The first-order valence-electron chi connectivity index (χ1n) is 20.2. The third-order valence-corrected chi connectivity index (χ3v) is 11.3. The van der Waals surface area contributed by atoms with Gasteiger partial charge in [-0.25, -0.2) is 15.0 Å². The predicted molar refractivity (Wildman–Crippen MR) is 245 cm³/mol. The first-order chi connectivity index (χ1) is 30.6. The zero-order chi connectivity index (χ0) is 41.1. The van der Waals surface area contributed by atoms with Crippen LogP contribution in [0.3, 0.4) is 0 Å². The van der Waals surface area contributed by atoms with Crippen LogP contribution >= 0.6 is 0 Å². The van der Waals surface area contributed by atoms with E-state index in [1.807, 2.05) is 109 Å². The molecule has 62 heavy (non-hydrogen) atoms. The number of anilines is 3. The average molecular weight is 798 g/mol. The third-order valence-electron chi connectivity index (χ3n) is 11.3. The van der Waals surface area contributed by atoms with Crippen LogP contribution in [0.25, 0.3) is 100 Å². The minimum Gasteiger partial charge on any atom is -0.436 e. The van der Waals surface area contributed by atoms with Crippen molar-refractivity contribution in [3.8, 4) is 51.6 Å². The van der Waals surface area contributed by atoms with Crippen LogP contribution in [0.4, 0.5) is 17.1 Å². The van der Waals surface area contributed by atoms with Gasteiger partial charge in [0.15, 0.2) is 16.7 Å². The van der Waals surface area contributed by atoms with Gasteiger partial charge in [-0.15, -0.1) is 0 Å². The number of oxazole rings is 3. The first-order valence-corrected chi connectivity index (χ1v) is 20.2. The SMILES string of the molecule is N#Cc1ccc2cc(-c3ccc4cc(N(c5ccc(-c6nc7ccccc7o6)cc5)c5ccc(-c6nc7cc8oc(-c9ccccc9)nc8cc7o6)cc5)ccc4c3)ccc2c1. The molecule has 0 radical (unpaired) electrons. The summed E-state index contributed by atoms with van der Waals surface area (Å²) in [5, 5.41) is 13.7. The van der Waals surface area contributed by atoms with Crippen molar-refractivity contribution in [2.75, 3.05) is 4.90 Å². The molecule has 0 fully saturated rings. The maximum Gasteiger partial charge on any atom is 0.227 e. The molecule has 0 spiro atoms. The fraction of sp³-hybridized carbons (Fsp3) is 0. The summed E-state index contributed by atoms with van der Waals surface area (Å²) in [5.41, 5.74) is 12.8. The number of fused-ring (bicyclic) bond motifs is 5. The molecular weight excluding hydrogens is 767 g/mol. The number of para-hydroxylation sites is 2. The number of nitrogens with zero attached hydrogens (tertiary/aromatic N) is 5. The highest BCUT2D eigenvalue weighted by Gasteiger charge is 2.18. The Labute approximate surface area is 354 Å². The van der Waals surface area contributed by atoms with Crippen molar-refractivity contribution < 1.29 is 13.3 Å². The topological polar surface area (TPSA) is 105 Å². The molecule has 3 heterocycles. The second kappa shape index (κ2) is 14.2. The Morgan fingerprint density at radius 3 is 1.40 bits per heavy atom. The van der Waals surface area contributed by atoms with Crippen LogP contribution in [0.2, 0.25) is 0 Å². The van der Waals surface area contributed by atoms with Gasteiger partial charge in [0.05, 0.1) is 11.6 Å². The normalized spacial score (nSPS) is 11.5. The van der Waals surface area contributed by atoms with Gasteiger partial charge in [-0.2, -0.15) is 5.26 Å². The second-order valence-electron chi connectivity index (χ2n) is 15.2. The maximum atomic E-state index is 9.35. The summed E-state index contributed by atoms with van der Waals surface area (Å²) >= 11 is 0. The molecule has 12 rings (SSSR count). The molecule has 0 bridgehead atoms. The number of nitriles is 1. The lowest BCUT2D eigenvalue weighted by atomic mass is 9.97. The van der Waals surface area contributed by atoms with Crippen molar-refractivity contribution in [2.24, 2.45) is 0 Å². The number of aromatic nitrogens is 3. The Bertz CT molecular complexity index is 3630. The minimum absolute atomic E-state index is 0.511. The van der Waals surface area contributed by atoms with Gasteiger partial charge in [-0.1, -0.05) is 66.7 Å². The van der Waals surface area contributed by atoms with Gasteiger partial charge in [-0.05, 0) is 142 Å². The van der Waals surface area contributed by atoms with E-state index in [-0.39, 0.29) is 0 Å². The van der Waals surface area contributed by atoms with E-state index in [0.29, 0.717) is 45.4 Å². The third kappa shape index (κ3) is 6.21. The summed E-state index contributed by atoms with van der Waals surface area (Å²) in [6.07, 6.45) is 0. The molecular formula is C54H31N5O3. The molecule has 0 aliphatic rings. The van der Waals surface area contributed by atoms with Crippen LogP contribution in [0.1, 0.15) is 5.56 Å². The Balaban J connectivity index is 0.894. The number of benzene rings is 9. The number of rotatable bonds is 7. The van der Waals surface area contributed by atoms with E-state index < -0.39 is 0 Å². The quantitative estimate of drug-likeness (QED) is 0.157. The molecule has 0 unspecified atom stereocenters. The molecule has 9 aromatic carbocycles.